The SMILES string of the molecule is CC/C=C(/CCCC)C(=O)O[C@@H]1[C@H]2OC(C)(C)O[C@H]2O[C@@H]1[C@H]1COC(C)(C)O1. The summed E-state index contributed by atoms with van der Waals surface area (Å²) in [6.07, 6.45) is 2.80. The Bertz CT molecular complexity index is 598. The van der Waals surface area contributed by atoms with Crippen molar-refractivity contribution in [3.63, 3.8) is 0 Å². The van der Waals surface area contributed by atoms with Crippen LogP contribution in [0.25, 0.3) is 0 Å². The largest absolute Gasteiger partial charge is 0.453 e. The van der Waals surface area contributed by atoms with Gasteiger partial charge in [0.05, 0.1) is 6.61 Å². The van der Waals surface area contributed by atoms with E-state index in [0.717, 1.165) is 19.3 Å². The van der Waals surface area contributed by atoms with Crippen LogP contribution in [0.3, 0.4) is 0 Å². The summed E-state index contributed by atoms with van der Waals surface area (Å²) >= 11 is 0. The Hall–Kier alpha value is -0.990. The van der Waals surface area contributed by atoms with E-state index in [2.05, 4.69) is 6.92 Å². The lowest BCUT2D eigenvalue weighted by molar-refractivity contribution is -0.234. The first-order valence-electron chi connectivity index (χ1n) is 10.4. The molecule has 0 spiro atoms. The first-order chi connectivity index (χ1) is 13.2. The standard InChI is InChI=1S/C21H34O7/c1-7-9-11-13(10-8-2)18(22)24-16-15(14-12-23-20(3,4)26-14)25-19-17(16)27-21(5,6)28-19/h10,14-17,19H,7-9,11-12H2,1-6H3/b13-10-/t14-,15-,16+,17-,19-/m1/s1. The van der Waals surface area contributed by atoms with E-state index in [4.69, 9.17) is 28.4 Å². The highest BCUT2D eigenvalue weighted by atomic mass is 16.8. The monoisotopic (exact) mass is 398 g/mol. The van der Waals surface area contributed by atoms with Crippen LogP contribution in [0.1, 0.15) is 67.2 Å². The lowest BCUT2D eigenvalue weighted by atomic mass is 10.0. The van der Waals surface area contributed by atoms with Gasteiger partial charge in [-0.25, -0.2) is 4.79 Å². The molecule has 3 rings (SSSR count). The Morgan fingerprint density at radius 2 is 1.82 bits per heavy atom. The maximum absolute atomic E-state index is 12.9. The van der Waals surface area contributed by atoms with Crippen LogP contribution >= 0.6 is 0 Å². The Morgan fingerprint density at radius 3 is 2.43 bits per heavy atom. The molecule has 7 nitrogen and oxygen atoms in total. The molecule has 7 heteroatoms. The number of hydrogen-bond acceptors (Lipinski definition) is 7. The van der Waals surface area contributed by atoms with Crippen molar-refractivity contribution in [2.75, 3.05) is 6.61 Å². The van der Waals surface area contributed by atoms with Crippen LogP contribution in [0.2, 0.25) is 0 Å². The van der Waals surface area contributed by atoms with E-state index in [-0.39, 0.29) is 12.1 Å². The van der Waals surface area contributed by atoms with Gasteiger partial charge in [0.25, 0.3) is 0 Å². The molecule has 0 aromatic rings. The first-order valence-corrected chi connectivity index (χ1v) is 10.4. The summed E-state index contributed by atoms with van der Waals surface area (Å²) in [5, 5.41) is 0. The van der Waals surface area contributed by atoms with Gasteiger partial charge in [-0.15, -0.1) is 0 Å². The van der Waals surface area contributed by atoms with Crippen molar-refractivity contribution in [1.29, 1.82) is 0 Å². The number of fused-ring (bicyclic) bond motifs is 1. The second-order valence-corrected chi connectivity index (χ2v) is 8.55. The molecule has 3 aliphatic rings. The van der Waals surface area contributed by atoms with Crippen molar-refractivity contribution >= 4 is 5.97 Å². The van der Waals surface area contributed by atoms with Gasteiger partial charge in [0.1, 0.15) is 12.2 Å². The van der Waals surface area contributed by atoms with Crippen molar-refractivity contribution < 1.29 is 33.2 Å². The molecule has 0 saturated carbocycles. The number of allylic oxidation sites excluding steroid dienone is 1. The number of rotatable bonds is 7. The Morgan fingerprint density at radius 1 is 1.07 bits per heavy atom. The van der Waals surface area contributed by atoms with Crippen LogP contribution in [0.4, 0.5) is 0 Å². The van der Waals surface area contributed by atoms with Crippen molar-refractivity contribution in [3.05, 3.63) is 11.6 Å². The molecule has 0 amide bonds. The molecule has 0 aromatic heterocycles. The summed E-state index contributed by atoms with van der Waals surface area (Å²) in [5.41, 5.74) is 0.702. The molecular formula is C21H34O7. The van der Waals surface area contributed by atoms with Gasteiger partial charge < -0.3 is 28.4 Å². The van der Waals surface area contributed by atoms with Gasteiger partial charge in [-0.1, -0.05) is 26.3 Å². The topological polar surface area (TPSA) is 72.5 Å². The summed E-state index contributed by atoms with van der Waals surface area (Å²) in [4.78, 5) is 12.9. The number of ether oxygens (including phenoxy) is 6. The van der Waals surface area contributed by atoms with Gasteiger partial charge in [-0.3, -0.25) is 0 Å². The number of hydrogen-bond donors (Lipinski definition) is 0. The zero-order valence-electron chi connectivity index (χ0n) is 17.9. The quantitative estimate of drug-likeness (QED) is 0.480. The van der Waals surface area contributed by atoms with Crippen molar-refractivity contribution in [3.8, 4) is 0 Å². The van der Waals surface area contributed by atoms with Gasteiger partial charge in [0.15, 0.2) is 30.1 Å². The normalized spacial score (nSPS) is 36.5. The summed E-state index contributed by atoms with van der Waals surface area (Å²) < 4.78 is 35.6. The molecular weight excluding hydrogens is 364 g/mol. The second-order valence-electron chi connectivity index (χ2n) is 8.55. The Balaban J connectivity index is 1.76. The van der Waals surface area contributed by atoms with Crippen LogP contribution in [0.15, 0.2) is 11.6 Å². The fourth-order valence-electron chi connectivity index (χ4n) is 3.92. The minimum atomic E-state index is -0.790. The molecule has 0 bridgehead atoms. The van der Waals surface area contributed by atoms with Gasteiger partial charge in [-0.05, 0) is 47.0 Å². The summed E-state index contributed by atoms with van der Waals surface area (Å²) in [6, 6.07) is 0. The molecule has 0 unspecified atom stereocenters. The van der Waals surface area contributed by atoms with Crippen LogP contribution < -0.4 is 0 Å². The molecule has 160 valence electrons. The Labute approximate surface area is 167 Å². The second kappa shape index (κ2) is 8.40. The van der Waals surface area contributed by atoms with Crippen molar-refractivity contribution in [1.82, 2.24) is 0 Å². The van der Waals surface area contributed by atoms with Crippen molar-refractivity contribution in [2.24, 2.45) is 0 Å². The van der Waals surface area contributed by atoms with Crippen LogP contribution in [0.5, 0.6) is 0 Å². The molecule has 0 aromatic carbocycles. The maximum Gasteiger partial charge on any atom is 0.334 e. The third-order valence-corrected chi connectivity index (χ3v) is 5.18. The first kappa shape index (κ1) is 21.7. The highest BCUT2D eigenvalue weighted by Gasteiger charge is 2.60. The van der Waals surface area contributed by atoms with E-state index in [1.54, 1.807) is 0 Å². The molecule has 28 heavy (non-hydrogen) atoms. The zero-order chi connectivity index (χ0) is 20.5. The minimum absolute atomic E-state index is 0.318. The predicted molar refractivity (Wildman–Crippen MR) is 101 cm³/mol. The third-order valence-electron chi connectivity index (χ3n) is 5.18. The van der Waals surface area contributed by atoms with Gasteiger partial charge in [0.2, 0.25) is 0 Å². The van der Waals surface area contributed by atoms with E-state index in [1.807, 2.05) is 40.7 Å². The van der Waals surface area contributed by atoms with Gasteiger partial charge in [0, 0.05) is 5.57 Å². The van der Waals surface area contributed by atoms with E-state index >= 15 is 0 Å². The van der Waals surface area contributed by atoms with Crippen molar-refractivity contribution in [2.45, 2.75) is 110 Å². The average molecular weight is 398 g/mol. The predicted octanol–water partition coefficient (Wildman–Crippen LogP) is 3.45. The lowest BCUT2D eigenvalue weighted by Crippen LogP contribution is -2.45. The van der Waals surface area contributed by atoms with E-state index < -0.39 is 36.2 Å². The average Bonchev–Trinajstić information content (AvgIpc) is 3.21. The van der Waals surface area contributed by atoms with Crippen LogP contribution in [-0.2, 0) is 33.2 Å². The smallest absolute Gasteiger partial charge is 0.334 e. The highest BCUT2D eigenvalue weighted by Crippen LogP contribution is 2.42. The van der Waals surface area contributed by atoms with Crippen LogP contribution in [-0.4, -0.2) is 54.9 Å². The molecule has 3 aliphatic heterocycles. The minimum Gasteiger partial charge on any atom is -0.453 e. The fourth-order valence-corrected chi connectivity index (χ4v) is 3.92. The van der Waals surface area contributed by atoms with E-state index in [9.17, 15) is 4.79 Å². The fraction of sp³-hybridized carbons (Fsp3) is 0.857. The number of carbonyl (C=O) groups excluding carboxylic acids is 1. The summed E-state index contributed by atoms with van der Waals surface area (Å²) in [7, 11) is 0. The van der Waals surface area contributed by atoms with Gasteiger partial charge in [-0.2, -0.15) is 0 Å². The third kappa shape index (κ3) is 4.76. The van der Waals surface area contributed by atoms with Crippen LogP contribution in [0, 0.1) is 0 Å². The lowest BCUT2D eigenvalue weighted by Gasteiger charge is -2.29. The van der Waals surface area contributed by atoms with Gasteiger partial charge >= 0.3 is 5.97 Å². The molecule has 0 radical (unpaired) electrons. The molecule has 3 heterocycles. The number of carbonyl (C=O) groups is 1. The summed E-state index contributed by atoms with van der Waals surface area (Å²) in [6.45, 7) is 11.8. The molecule has 0 N–H and O–H groups in total. The molecule has 0 aliphatic carbocycles. The Kier molecular flexibility index (Phi) is 6.51. The molecule has 3 saturated heterocycles. The molecule has 3 fully saturated rings. The number of esters is 1. The highest BCUT2D eigenvalue weighted by molar-refractivity contribution is 5.88. The summed E-state index contributed by atoms with van der Waals surface area (Å²) in [5.74, 6) is -1.81. The van der Waals surface area contributed by atoms with E-state index in [1.165, 1.54) is 0 Å². The van der Waals surface area contributed by atoms with E-state index in [0.29, 0.717) is 18.6 Å². The molecule has 5 atom stereocenters. The number of unbranched alkanes of at least 4 members (excludes halogenated alkanes) is 1. The zero-order valence-corrected chi connectivity index (χ0v) is 17.9. The maximum atomic E-state index is 12.9.